The first-order chi connectivity index (χ1) is 19.8. The largest absolute Gasteiger partial charge is 0.390 e. The molecule has 0 aliphatic carbocycles. The number of amides is 1. The molecule has 3 N–H and O–H groups in total. The molecule has 0 radical (unpaired) electrons. The van der Waals surface area contributed by atoms with Gasteiger partial charge in [-0.25, -0.2) is 12.4 Å². The second-order valence-electron chi connectivity index (χ2n) is 9.77. The molecule has 7 nitrogen and oxygen atoms in total. The van der Waals surface area contributed by atoms with E-state index in [4.69, 9.17) is 11.6 Å². The molecular formula is C32H30ClN3O4S. The average Bonchev–Trinajstić information content (AvgIpc) is 3.43. The van der Waals surface area contributed by atoms with Gasteiger partial charge in [-0.05, 0) is 53.9 Å². The first-order valence-electron chi connectivity index (χ1n) is 13.2. The van der Waals surface area contributed by atoms with E-state index in [0.29, 0.717) is 34.5 Å². The summed E-state index contributed by atoms with van der Waals surface area (Å²) in [5.41, 5.74) is 2.73. The second-order valence-corrected chi connectivity index (χ2v) is 12.0. The number of benzene rings is 4. The number of hydrogen-bond donors (Lipinski definition) is 3. The van der Waals surface area contributed by atoms with Gasteiger partial charge in [-0.1, -0.05) is 84.4 Å². The van der Waals surface area contributed by atoms with Crippen LogP contribution in [0.3, 0.4) is 0 Å². The standard InChI is InChI=1S/C32H30ClN3O4S/c33-25-13-7-14-26(20-25)41(39,40)36-18-17-27-28(15-8-16-30(27)36)32(38)35-29(19-23-9-3-1-4-10-23)31(37)22-34-21-24-11-5-2-6-12-24/h1-18,20,29,31,34,37H,19,21-22H2,(H,35,38)/t29-,31+/m0/s1. The molecule has 1 heterocycles. The van der Waals surface area contributed by atoms with Gasteiger partial charge in [0.1, 0.15) is 0 Å². The third-order valence-electron chi connectivity index (χ3n) is 6.90. The van der Waals surface area contributed by atoms with E-state index in [9.17, 15) is 18.3 Å². The van der Waals surface area contributed by atoms with E-state index in [1.807, 2.05) is 60.7 Å². The van der Waals surface area contributed by atoms with Crippen molar-refractivity contribution >= 4 is 38.4 Å². The van der Waals surface area contributed by atoms with Crippen LogP contribution >= 0.6 is 11.6 Å². The van der Waals surface area contributed by atoms with Crippen LogP contribution in [0.15, 0.2) is 120 Å². The average molecular weight is 588 g/mol. The molecule has 210 valence electrons. The summed E-state index contributed by atoms with van der Waals surface area (Å²) in [6.07, 6.45) is 0.970. The van der Waals surface area contributed by atoms with E-state index >= 15 is 0 Å². The van der Waals surface area contributed by atoms with Crippen molar-refractivity contribution in [2.45, 2.75) is 30.0 Å². The van der Waals surface area contributed by atoms with Crippen LogP contribution in [-0.2, 0) is 23.0 Å². The maximum absolute atomic E-state index is 13.6. The zero-order chi connectivity index (χ0) is 28.8. The number of fused-ring (bicyclic) bond motifs is 1. The Morgan fingerprint density at radius 1 is 0.854 bits per heavy atom. The Hall–Kier alpha value is -3.95. The van der Waals surface area contributed by atoms with E-state index in [-0.39, 0.29) is 11.4 Å². The smallest absolute Gasteiger partial charge is 0.268 e. The molecule has 0 fully saturated rings. The monoisotopic (exact) mass is 587 g/mol. The number of carbonyl (C=O) groups is 1. The van der Waals surface area contributed by atoms with E-state index in [0.717, 1.165) is 15.1 Å². The van der Waals surface area contributed by atoms with Gasteiger partial charge in [-0.15, -0.1) is 0 Å². The van der Waals surface area contributed by atoms with E-state index < -0.39 is 28.1 Å². The Kier molecular flexibility index (Phi) is 8.85. The number of hydrogen-bond acceptors (Lipinski definition) is 5. The lowest BCUT2D eigenvalue weighted by atomic mass is 10.00. The molecule has 5 rings (SSSR count). The fourth-order valence-corrected chi connectivity index (χ4v) is 6.44. The zero-order valence-electron chi connectivity index (χ0n) is 22.2. The van der Waals surface area contributed by atoms with Gasteiger partial charge in [0.2, 0.25) is 0 Å². The predicted octanol–water partition coefficient (Wildman–Crippen LogP) is 5.02. The number of nitrogens with zero attached hydrogens (tertiary/aromatic N) is 1. The van der Waals surface area contributed by atoms with Crippen LogP contribution in [0.2, 0.25) is 5.02 Å². The zero-order valence-corrected chi connectivity index (χ0v) is 23.7. The van der Waals surface area contributed by atoms with Crippen molar-refractivity contribution in [2.75, 3.05) is 6.54 Å². The van der Waals surface area contributed by atoms with E-state index in [1.54, 1.807) is 36.4 Å². The van der Waals surface area contributed by atoms with E-state index in [1.165, 1.54) is 18.3 Å². The van der Waals surface area contributed by atoms with Crippen LogP contribution in [0.4, 0.5) is 0 Å². The molecule has 2 atom stereocenters. The van der Waals surface area contributed by atoms with Gasteiger partial charge >= 0.3 is 0 Å². The Bertz CT molecular complexity index is 1740. The summed E-state index contributed by atoms with van der Waals surface area (Å²) in [5, 5.41) is 18.2. The molecule has 0 bridgehead atoms. The SMILES string of the molecule is O=C(N[C@@H](Cc1ccccc1)[C@H](O)CNCc1ccccc1)c1cccc2c1ccn2S(=O)(=O)c1cccc(Cl)c1. The van der Waals surface area contributed by atoms with Gasteiger partial charge in [0.25, 0.3) is 15.9 Å². The van der Waals surface area contributed by atoms with Gasteiger partial charge in [-0.3, -0.25) is 4.79 Å². The molecule has 0 aliphatic heterocycles. The maximum atomic E-state index is 13.6. The normalized spacial score (nSPS) is 13.1. The van der Waals surface area contributed by atoms with Gasteiger partial charge in [-0.2, -0.15) is 0 Å². The number of aliphatic hydroxyl groups excluding tert-OH is 1. The van der Waals surface area contributed by atoms with Crippen molar-refractivity contribution in [3.63, 3.8) is 0 Å². The minimum absolute atomic E-state index is 0.0476. The Labute approximate surface area is 244 Å². The summed E-state index contributed by atoms with van der Waals surface area (Å²) in [6.45, 7) is 0.850. The van der Waals surface area contributed by atoms with Crippen molar-refractivity contribution in [2.24, 2.45) is 0 Å². The Morgan fingerprint density at radius 2 is 1.54 bits per heavy atom. The molecule has 0 aliphatic rings. The third-order valence-corrected chi connectivity index (χ3v) is 8.82. The quantitative estimate of drug-likeness (QED) is 0.201. The Morgan fingerprint density at radius 3 is 2.24 bits per heavy atom. The van der Waals surface area contributed by atoms with Crippen LogP contribution in [0.1, 0.15) is 21.5 Å². The molecule has 4 aromatic carbocycles. The topological polar surface area (TPSA) is 100 Å². The molecular weight excluding hydrogens is 558 g/mol. The number of aromatic nitrogens is 1. The highest BCUT2D eigenvalue weighted by Crippen LogP contribution is 2.26. The van der Waals surface area contributed by atoms with Crippen LogP contribution in [0.25, 0.3) is 10.9 Å². The summed E-state index contributed by atoms with van der Waals surface area (Å²) in [6, 6.07) is 31.5. The maximum Gasteiger partial charge on any atom is 0.268 e. The molecule has 0 saturated heterocycles. The van der Waals surface area contributed by atoms with E-state index in [2.05, 4.69) is 10.6 Å². The molecule has 1 amide bonds. The fraction of sp³-hybridized carbons (Fsp3) is 0.156. The van der Waals surface area contributed by atoms with Crippen LogP contribution in [0, 0.1) is 0 Å². The summed E-state index contributed by atoms with van der Waals surface area (Å²) >= 11 is 6.04. The lowest BCUT2D eigenvalue weighted by Crippen LogP contribution is -2.48. The molecule has 1 aromatic heterocycles. The molecule has 0 spiro atoms. The summed E-state index contributed by atoms with van der Waals surface area (Å²) in [4.78, 5) is 13.7. The third kappa shape index (κ3) is 6.69. The van der Waals surface area contributed by atoms with Crippen LogP contribution < -0.4 is 10.6 Å². The fourth-order valence-electron chi connectivity index (χ4n) is 4.79. The highest BCUT2D eigenvalue weighted by Gasteiger charge is 2.25. The molecule has 0 unspecified atom stereocenters. The van der Waals surface area contributed by atoms with Crippen molar-refractivity contribution in [1.82, 2.24) is 14.6 Å². The highest BCUT2D eigenvalue weighted by atomic mass is 35.5. The summed E-state index contributed by atoms with van der Waals surface area (Å²) in [7, 11) is -3.95. The Balaban J connectivity index is 1.38. The molecule has 0 saturated carbocycles. The lowest BCUT2D eigenvalue weighted by Gasteiger charge is -2.25. The molecule has 41 heavy (non-hydrogen) atoms. The molecule has 9 heteroatoms. The number of nitrogens with one attached hydrogen (secondary N) is 2. The summed E-state index contributed by atoms with van der Waals surface area (Å²) in [5.74, 6) is -0.406. The van der Waals surface area contributed by atoms with Crippen molar-refractivity contribution in [1.29, 1.82) is 0 Å². The van der Waals surface area contributed by atoms with Gasteiger partial charge in [0, 0.05) is 35.3 Å². The number of aliphatic hydroxyl groups is 1. The number of halogens is 1. The first kappa shape index (κ1) is 28.6. The van der Waals surface area contributed by atoms with Gasteiger partial charge in [0.05, 0.1) is 22.6 Å². The van der Waals surface area contributed by atoms with Gasteiger partial charge in [0.15, 0.2) is 0 Å². The van der Waals surface area contributed by atoms with Crippen LogP contribution in [-0.4, -0.2) is 42.1 Å². The number of carbonyl (C=O) groups excluding carboxylic acids is 1. The van der Waals surface area contributed by atoms with Crippen molar-refractivity contribution in [3.05, 3.63) is 137 Å². The first-order valence-corrected chi connectivity index (χ1v) is 15.0. The number of rotatable bonds is 11. The van der Waals surface area contributed by atoms with Crippen molar-refractivity contribution < 1.29 is 18.3 Å². The minimum Gasteiger partial charge on any atom is -0.390 e. The predicted molar refractivity (Wildman–Crippen MR) is 162 cm³/mol. The molecule has 5 aromatic rings. The minimum atomic E-state index is -3.95. The van der Waals surface area contributed by atoms with Crippen LogP contribution in [0.5, 0.6) is 0 Å². The van der Waals surface area contributed by atoms with Crippen molar-refractivity contribution in [3.8, 4) is 0 Å². The highest BCUT2D eigenvalue weighted by molar-refractivity contribution is 7.90. The van der Waals surface area contributed by atoms with Gasteiger partial charge < -0.3 is 15.7 Å². The summed E-state index contributed by atoms with van der Waals surface area (Å²) < 4.78 is 27.9. The second kappa shape index (κ2) is 12.7. The lowest BCUT2D eigenvalue weighted by molar-refractivity contribution is 0.0831.